The van der Waals surface area contributed by atoms with Crippen molar-refractivity contribution < 1.29 is 9.90 Å². The number of carbonyl (C=O) groups excluding carboxylic acids is 1. The number of aryl methyl sites for hydroxylation is 1. The zero-order valence-electron chi connectivity index (χ0n) is 8.49. The highest BCUT2D eigenvalue weighted by Gasteiger charge is 2.11. The summed E-state index contributed by atoms with van der Waals surface area (Å²) in [6, 6.07) is 0. The third-order valence-corrected chi connectivity index (χ3v) is 2.01. The number of rotatable bonds is 3. The molecular weight excluding hydrogens is 216 g/mol. The van der Waals surface area contributed by atoms with Crippen LogP contribution in [0, 0.1) is 6.92 Å². The van der Waals surface area contributed by atoms with Gasteiger partial charge < -0.3 is 5.11 Å². The lowest BCUT2D eigenvalue weighted by molar-refractivity contribution is 0.103. The predicted molar refractivity (Wildman–Crippen MR) is 57.1 cm³/mol. The van der Waals surface area contributed by atoms with E-state index in [9.17, 15) is 9.90 Å². The van der Waals surface area contributed by atoms with Crippen LogP contribution in [0.15, 0.2) is 18.0 Å². The Labute approximate surface area is 92.6 Å². The molecule has 1 aromatic rings. The Morgan fingerprint density at radius 1 is 1.67 bits per heavy atom. The smallest absolute Gasteiger partial charge is 0.210 e. The van der Waals surface area contributed by atoms with Crippen molar-refractivity contribution in [3.63, 3.8) is 0 Å². The fraction of sp³-hybridized carbons (Fsp3) is 0.300. The number of ketones is 1. The minimum atomic E-state index is -0.438. The van der Waals surface area contributed by atoms with Crippen molar-refractivity contribution in [2.75, 3.05) is 0 Å². The maximum atomic E-state index is 11.5. The van der Waals surface area contributed by atoms with Crippen LogP contribution >= 0.6 is 11.6 Å². The van der Waals surface area contributed by atoms with Gasteiger partial charge in [0.15, 0.2) is 5.15 Å². The second kappa shape index (κ2) is 4.89. The van der Waals surface area contributed by atoms with Gasteiger partial charge in [0.25, 0.3) is 0 Å². The van der Waals surface area contributed by atoms with E-state index in [0.717, 1.165) is 6.08 Å². The third kappa shape index (κ3) is 3.02. The van der Waals surface area contributed by atoms with Gasteiger partial charge in [0.05, 0.1) is 11.5 Å². The molecule has 15 heavy (non-hydrogen) atoms. The van der Waals surface area contributed by atoms with E-state index in [-0.39, 0.29) is 16.6 Å². The molecule has 0 bridgehead atoms. The molecule has 5 heteroatoms. The van der Waals surface area contributed by atoms with Gasteiger partial charge in [-0.2, -0.15) is 0 Å². The molecule has 0 saturated heterocycles. The Bertz CT molecular complexity index is 416. The quantitative estimate of drug-likeness (QED) is 0.489. The molecule has 1 aromatic heterocycles. The molecule has 0 radical (unpaired) electrons. The Morgan fingerprint density at radius 2 is 2.33 bits per heavy atom. The van der Waals surface area contributed by atoms with Crippen LogP contribution in [0.3, 0.4) is 0 Å². The van der Waals surface area contributed by atoms with E-state index in [4.69, 9.17) is 11.6 Å². The van der Waals surface area contributed by atoms with E-state index in [1.54, 1.807) is 13.8 Å². The summed E-state index contributed by atoms with van der Waals surface area (Å²) in [5, 5.41) is 9.24. The number of nitrogens with zero attached hydrogens (tertiary/aromatic N) is 2. The average Bonchev–Trinajstić information content (AvgIpc) is 2.17. The summed E-state index contributed by atoms with van der Waals surface area (Å²) >= 11 is 5.75. The molecule has 0 aliphatic heterocycles. The molecule has 0 aliphatic carbocycles. The summed E-state index contributed by atoms with van der Waals surface area (Å²) in [5.41, 5.74) is 0.697. The Kier molecular flexibility index (Phi) is 3.80. The minimum Gasteiger partial charge on any atom is -0.512 e. The molecule has 0 unspecified atom stereocenters. The fourth-order valence-corrected chi connectivity index (χ4v) is 1.21. The van der Waals surface area contributed by atoms with Crippen LogP contribution in [0.2, 0.25) is 5.15 Å². The van der Waals surface area contributed by atoms with Crippen LogP contribution in [-0.4, -0.2) is 20.9 Å². The van der Waals surface area contributed by atoms with Crippen molar-refractivity contribution in [3.8, 4) is 0 Å². The lowest BCUT2D eigenvalue weighted by atomic mass is 10.2. The minimum absolute atomic E-state index is 0.00144. The second-order valence-electron chi connectivity index (χ2n) is 3.00. The van der Waals surface area contributed by atoms with Gasteiger partial charge in [-0.25, -0.2) is 9.97 Å². The van der Waals surface area contributed by atoms with Crippen LogP contribution in [0.5, 0.6) is 0 Å². The molecule has 0 atom stereocenters. The van der Waals surface area contributed by atoms with Crippen molar-refractivity contribution in [2.45, 2.75) is 20.3 Å². The Hall–Kier alpha value is -1.42. The molecule has 0 aromatic carbocycles. The number of aliphatic hydroxyl groups excluding tert-OH is 1. The Balaban J connectivity index is 3.02. The molecule has 1 N–H and O–H groups in total. The van der Waals surface area contributed by atoms with Crippen molar-refractivity contribution in [1.29, 1.82) is 0 Å². The van der Waals surface area contributed by atoms with Crippen LogP contribution in [0.25, 0.3) is 0 Å². The molecule has 1 rings (SSSR count). The van der Waals surface area contributed by atoms with Gasteiger partial charge in [-0.15, -0.1) is 0 Å². The van der Waals surface area contributed by atoms with E-state index in [0.29, 0.717) is 12.1 Å². The van der Waals surface area contributed by atoms with Gasteiger partial charge in [-0.05, 0) is 6.92 Å². The number of aliphatic hydroxyl groups is 1. The standard InChI is InChI=1S/C10H11ClN2O2/c1-3-7(14)4-8(15)9-10(11)13-6(2)5-12-9/h4-5,14H,3H2,1-2H3. The first-order valence-corrected chi connectivity index (χ1v) is 4.85. The number of aromatic nitrogens is 2. The highest BCUT2D eigenvalue weighted by Crippen LogP contribution is 2.12. The zero-order valence-corrected chi connectivity index (χ0v) is 9.25. The first-order chi connectivity index (χ1) is 7.04. The molecule has 80 valence electrons. The van der Waals surface area contributed by atoms with Crippen LogP contribution < -0.4 is 0 Å². The van der Waals surface area contributed by atoms with Gasteiger partial charge in [-0.3, -0.25) is 4.79 Å². The molecule has 0 aliphatic rings. The number of allylic oxidation sites excluding steroid dienone is 2. The largest absolute Gasteiger partial charge is 0.512 e. The van der Waals surface area contributed by atoms with Crippen molar-refractivity contribution in [1.82, 2.24) is 9.97 Å². The summed E-state index contributed by atoms with van der Waals surface area (Å²) in [4.78, 5) is 19.3. The Morgan fingerprint density at radius 3 is 2.87 bits per heavy atom. The highest BCUT2D eigenvalue weighted by molar-refractivity contribution is 6.33. The van der Waals surface area contributed by atoms with E-state index >= 15 is 0 Å². The molecule has 4 nitrogen and oxygen atoms in total. The molecule has 0 spiro atoms. The molecule has 0 amide bonds. The van der Waals surface area contributed by atoms with E-state index < -0.39 is 5.78 Å². The first kappa shape index (κ1) is 11.7. The first-order valence-electron chi connectivity index (χ1n) is 4.47. The normalized spacial score (nSPS) is 11.5. The molecular formula is C10H11ClN2O2. The SMILES string of the molecule is CCC(O)=CC(=O)c1ncc(C)nc1Cl. The summed E-state index contributed by atoms with van der Waals surface area (Å²) < 4.78 is 0. The van der Waals surface area contributed by atoms with Gasteiger partial charge in [0.1, 0.15) is 5.69 Å². The van der Waals surface area contributed by atoms with E-state index in [1.807, 2.05) is 0 Å². The number of hydrogen-bond donors (Lipinski definition) is 1. The summed E-state index contributed by atoms with van der Waals surface area (Å²) in [7, 11) is 0. The lowest BCUT2D eigenvalue weighted by Gasteiger charge is -1.99. The topological polar surface area (TPSA) is 63.1 Å². The van der Waals surface area contributed by atoms with E-state index in [2.05, 4.69) is 9.97 Å². The highest BCUT2D eigenvalue weighted by atomic mass is 35.5. The van der Waals surface area contributed by atoms with Gasteiger partial charge in [-0.1, -0.05) is 18.5 Å². The fourth-order valence-electron chi connectivity index (χ4n) is 0.935. The van der Waals surface area contributed by atoms with E-state index in [1.165, 1.54) is 6.20 Å². The van der Waals surface area contributed by atoms with Gasteiger partial charge in [0, 0.05) is 18.7 Å². The lowest BCUT2D eigenvalue weighted by Crippen LogP contribution is -2.03. The van der Waals surface area contributed by atoms with Crippen LogP contribution in [-0.2, 0) is 0 Å². The predicted octanol–water partition coefficient (Wildman–Crippen LogP) is 2.47. The van der Waals surface area contributed by atoms with Crippen molar-refractivity contribution >= 4 is 17.4 Å². The second-order valence-corrected chi connectivity index (χ2v) is 3.36. The van der Waals surface area contributed by atoms with Gasteiger partial charge in [0.2, 0.25) is 5.78 Å². The monoisotopic (exact) mass is 226 g/mol. The van der Waals surface area contributed by atoms with Crippen molar-refractivity contribution in [3.05, 3.63) is 34.6 Å². The summed E-state index contributed by atoms with van der Waals surface area (Å²) in [5.74, 6) is -0.440. The zero-order chi connectivity index (χ0) is 11.4. The molecule has 0 saturated carbocycles. The maximum Gasteiger partial charge on any atom is 0.210 e. The molecule has 1 heterocycles. The number of hydrogen-bond acceptors (Lipinski definition) is 4. The van der Waals surface area contributed by atoms with Gasteiger partial charge >= 0.3 is 0 Å². The third-order valence-electron chi connectivity index (χ3n) is 1.74. The summed E-state index contributed by atoms with van der Waals surface area (Å²) in [6.45, 7) is 3.47. The van der Waals surface area contributed by atoms with Crippen molar-refractivity contribution in [2.24, 2.45) is 0 Å². The molecule has 0 fully saturated rings. The van der Waals surface area contributed by atoms with Crippen LogP contribution in [0.4, 0.5) is 0 Å². The average molecular weight is 227 g/mol. The number of halogens is 1. The number of carbonyl (C=O) groups is 1. The maximum absolute atomic E-state index is 11.5. The summed E-state index contributed by atoms with van der Waals surface area (Å²) in [6.07, 6.45) is 2.95. The van der Waals surface area contributed by atoms with Crippen LogP contribution in [0.1, 0.15) is 29.5 Å².